The molecule has 0 aliphatic carbocycles. The number of rotatable bonds is 4. The molecule has 0 saturated carbocycles. The molecule has 0 N–H and O–H groups in total. The van der Waals surface area contributed by atoms with Crippen molar-refractivity contribution in [1.29, 1.82) is 0 Å². The minimum Gasteiger partial charge on any atom is -0.469 e. The van der Waals surface area contributed by atoms with Crippen molar-refractivity contribution in [3.05, 3.63) is 53.6 Å². The van der Waals surface area contributed by atoms with E-state index in [9.17, 15) is 9.59 Å². The van der Waals surface area contributed by atoms with Gasteiger partial charge in [-0.1, -0.05) is 11.6 Å². The first-order valence-corrected chi connectivity index (χ1v) is 7.86. The molecular formula is C18H16ClNO4. The Kier molecular flexibility index (Phi) is 4.71. The maximum atomic E-state index is 12.1. The lowest BCUT2D eigenvalue weighted by atomic mass is 10.1. The number of ether oxygens (including phenoxy) is 2. The number of methoxy groups -OCH3 is 1. The van der Waals surface area contributed by atoms with E-state index in [2.05, 4.69) is 0 Å². The summed E-state index contributed by atoms with van der Waals surface area (Å²) >= 11 is 5.84. The van der Waals surface area contributed by atoms with E-state index in [4.69, 9.17) is 21.1 Å². The van der Waals surface area contributed by atoms with E-state index in [0.29, 0.717) is 23.1 Å². The summed E-state index contributed by atoms with van der Waals surface area (Å²) in [5.41, 5.74) is 0.731. The molecule has 5 nitrogen and oxygen atoms in total. The van der Waals surface area contributed by atoms with Crippen LogP contribution in [0.1, 0.15) is 6.42 Å². The average Bonchev–Trinajstić information content (AvgIpc) is 2.99. The summed E-state index contributed by atoms with van der Waals surface area (Å²) in [6.07, 6.45) is 0.176. The monoisotopic (exact) mass is 345 g/mol. The van der Waals surface area contributed by atoms with Gasteiger partial charge in [0.1, 0.15) is 11.5 Å². The molecule has 124 valence electrons. The lowest BCUT2D eigenvalue weighted by molar-refractivity contribution is -0.145. The van der Waals surface area contributed by atoms with Gasteiger partial charge in [0.25, 0.3) is 0 Å². The SMILES string of the molecule is COC(=O)C1CC(=O)N(c2ccc(Oc3ccc(Cl)cc3)cc2)C1. The Labute approximate surface area is 144 Å². The Hall–Kier alpha value is -2.53. The van der Waals surface area contributed by atoms with E-state index >= 15 is 0 Å². The van der Waals surface area contributed by atoms with Gasteiger partial charge in [-0.25, -0.2) is 0 Å². The van der Waals surface area contributed by atoms with Crippen molar-refractivity contribution in [3.8, 4) is 11.5 Å². The van der Waals surface area contributed by atoms with Crippen LogP contribution in [0.2, 0.25) is 5.02 Å². The van der Waals surface area contributed by atoms with Gasteiger partial charge in [0.2, 0.25) is 5.91 Å². The van der Waals surface area contributed by atoms with Crippen molar-refractivity contribution in [2.75, 3.05) is 18.6 Å². The Balaban J connectivity index is 1.69. The van der Waals surface area contributed by atoms with Gasteiger partial charge in [0.05, 0.1) is 13.0 Å². The highest BCUT2D eigenvalue weighted by Crippen LogP contribution is 2.29. The maximum Gasteiger partial charge on any atom is 0.311 e. The standard InChI is InChI=1S/C18H16ClNO4/c1-23-18(22)12-10-17(21)20(11-12)14-4-8-16(9-5-14)24-15-6-2-13(19)3-7-15/h2-9,12H,10-11H2,1H3. The summed E-state index contributed by atoms with van der Waals surface area (Å²) in [4.78, 5) is 25.3. The number of amides is 1. The normalized spacial score (nSPS) is 17.0. The zero-order valence-corrected chi connectivity index (χ0v) is 13.8. The summed E-state index contributed by atoms with van der Waals surface area (Å²) in [6.45, 7) is 0.336. The molecule has 0 bridgehead atoms. The summed E-state index contributed by atoms with van der Waals surface area (Å²) in [6, 6.07) is 14.2. The van der Waals surface area contributed by atoms with Crippen molar-refractivity contribution in [3.63, 3.8) is 0 Å². The van der Waals surface area contributed by atoms with Crippen LogP contribution < -0.4 is 9.64 Å². The zero-order valence-electron chi connectivity index (χ0n) is 13.1. The smallest absolute Gasteiger partial charge is 0.311 e. The fourth-order valence-electron chi connectivity index (χ4n) is 2.61. The molecule has 1 aliphatic heterocycles. The van der Waals surface area contributed by atoms with Crippen LogP contribution in [0.15, 0.2) is 48.5 Å². The molecule has 3 rings (SSSR count). The highest BCUT2D eigenvalue weighted by molar-refractivity contribution is 6.30. The van der Waals surface area contributed by atoms with Crippen LogP contribution in [0.25, 0.3) is 0 Å². The van der Waals surface area contributed by atoms with E-state index in [0.717, 1.165) is 5.69 Å². The quantitative estimate of drug-likeness (QED) is 0.793. The van der Waals surface area contributed by atoms with Crippen LogP contribution in [0.5, 0.6) is 11.5 Å². The summed E-state index contributed by atoms with van der Waals surface area (Å²) in [5.74, 6) is 0.477. The number of halogens is 1. The minimum atomic E-state index is -0.410. The molecule has 1 heterocycles. The van der Waals surface area contributed by atoms with Gasteiger partial charge in [0.15, 0.2) is 0 Å². The van der Waals surface area contributed by atoms with Crippen molar-refractivity contribution < 1.29 is 19.1 Å². The zero-order chi connectivity index (χ0) is 17.1. The molecule has 1 amide bonds. The van der Waals surface area contributed by atoms with Gasteiger partial charge in [-0.05, 0) is 48.5 Å². The molecule has 0 spiro atoms. The average molecular weight is 346 g/mol. The Morgan fingerprint density at radius 3 is 2.25 bits per heavy atom. The van der Waals surface area contributed by atoms with E-state index < -0.39 is 5.92 Å². The van der Waals surface area contributed by atoms with E-state index in [1.54, 1.807) is 53.4 Å². The maximum absolute atomic E-state index is 12.1. The highest BCUT2D eigenvalue weighted by atomic mass is 35.5. The minimum absolute atomic E-state index is 0.0863. The van der Waals surface area contributed by atoms with Gasteiger partial charge in [-0.3, -0.25) is 9.59 Å². The number of carbonyl (C=O) groups is 2. The summed E-state index contributed by atoms with van der Waals surface area (Å²) < 4.78 is 10.4. The van der Waals surface area contributed by atoms with Crippen LogP contribution in [-0.2, 0) is 14.3 Å². The molecule has 0 aromatic heterocycles. The number of nitrogens with zero attached hydrogens (tertiary/aromatic N) is 1. The highest BCUT2D eigenvalue weighted by Gasteiger charge is 2.35. The van der Waals surface area contributed by atoms with Gasteiger partial charge < -0.3 is 14.4 Å². The molecule has 1 aliphatic rings. The molecule has 1 saturated heterocycles. The van der Waals surface area contributed by atoms with Crippen LogP contribution in [0, 0.1) is 5.92 Å². The largest absolute Gasteiger partial charge is 0.469 e. The van der Waals surface area contributed by atoms with Crippen molar-refractivity contribution in [1.82, 2.24) is 0 Å². The van der Waals surface area contributed by atoms with E-state index in [1.165, 1.54) is 7.11 Å². The Morgan fingerprint density at radius 2 is 1.67 bits per heavy atom. The molecule has 1 atom stereocenters. The Morgan fingerprint density at radius 1 is 1.08 bits per heavy atom. The second-order valence-corrected chi connectivity index (χ2v) is 5.91. The topological polar surface area (TPSA) is 55.8 Å². The number of benzene rings is 2. The summed E-state index contributed by atoms with van der Waals surface area (Å²) in [5, 5.41) is 0.644. The van der Waals surface area contributed by atoms with Crippen LogP contribution >= 0.6 is 11.6 Å². The first kappa shape index (κ1) is 16.3. The van der Waals surface area contributed by atoms with Gasteiger partial charge >= 0.3 is 5.97 Å². The predicted molar refractivity (Wildman–Crippen MR) is 90.4 cm³/mol. The van der Waals surface area contributed by atoms with Crippen molar-refractivity contribution >= 4 is 29.2 Å². The lowest BCUT2D eigenvalue weighted by Crippen LogP contribution is -2.26. The number of hydrogen-bond acceptors (Lipinski definition) is 4. The van der Waals surface area contributed by atoms with Gasteiger partial charge in [-0.15, -0.1) is 0 Å². The first-order chi connectivity index (χ1) is 11.6. The third-order valence-corrected chi connectivity index (χ3v) is 4.11. The van der Waals surface area contributed by atoms with Crippen molar-refractivity contribution in [2.45, 2.75) is 6.42 Å². The molecule has 2 aromatic rings. The van der Waals surface area contributed by atoms with Crippen LogP contribution in [0.4, 0.5) is 5.69 Å². The predicted octanol–water partition coefficient (Wildman–Crippen LogP) is 3.66. The van der Waals surface area contributed by atoms with Crippen LogP contribution in [0.3, 0.4) is 0 Å². The second-order valence-electron chi connectivity index (χ2n) is 5.48. The van der Waals surface area contributed by atoms with E-state index in [-0.39, 0.29) is 18.3 Å². The number of esters is 1. The molecule has 6 heteroatoms. The molecule has 2 aromatic carbocycles. The fraction of sp³-hybridized carbons (Fsp3) is 0.222. The van der Waals surface area contributed by atoms with Gasteiger partial charge in [-0.2, -0.15) is 0 Å². The number of hydrogen-bond donors (Lipinski definition) is 0. The van der Waals surface area contributed by atoms with Crippen LogP contribution in [-0.4, -0.2) is 25.5 Å². The second kappa shape index (κ2) is 6.93. The lowest BCUT2D eigenvalue weighted by Gasteiger charge is -2.17. The fourth-order valence-corrected chi connectivity index (χ4v) is 2.74. The van der Waals surface area contributed by atoms with Gasteiger partial charge in [0, 0.05) is 23.7 Å². The molecule has 0 radical (unpaired) electrons. The molecule has 1 fully saturated rings. The third kappa shape index (κ3) is 3.51. The summed E-state index contributed by atoms with van der Waals surface area (Å²) in [7, 11) is 1.33. The molecular weight excluding hydrogens is 330 g/mol. The first-order valence-electron chi connectivity index (χ1n) is 7.48. The molecule has 24 heavy (non-hydrogen) atoms. The number of carbonyl (C=O) groups excluding carboxylic acids is 2. The Bertz CT molecular complexity index is 743. The third-order valence-electron chi connectivity index (χ3n) is 3.86. The van der Waals surface area contributed by atoms with E-state index in [1.807, 2.05) is 0 Å². The number of anilines is 1. The van der Waals surface area contributed by atoms with Crippen molar-refractivity contribution in [2.24, 2.45) is 5.92 Å². The molecule has 1 unspecified atom stereocenters.